The molecule has 0 saturated carbocycles. The maximum Gasteiger partial charge on any atom is 0.154 e. The van der Waals surface area contributed by atoms with Crippen molar-refractivity contribution in [2.24, 2.45) is 4.99 Å². The first-order chi connectivity index (χ1) is 12.3. The topological polar surface area (TPSA) is 54.7 Å². The van der Waals surface area contributed by atoms with Crippen molar-refractivity contribution < 1.29 is 9.84 Å². The highest BCUT2D eigenvalue weighted by atomic mass is 35.5. The Morgan fingerprint density at radius 2 is 1.96 bits per heavy atom. The van der Waals surface area contributed by atoms with Crippen molar-refractivity contribution in [1.29, 1.82) is 0 Å². The third kappa shape index (κ3) is 4.81. The smallest absolute Gasteiger partial charge is 0.154 e. The summed E-state index contributed by atoms with van der Waals surface area (Å²) in [4.78, 5) is 8.36. The molecule has 0 radical (unpaired) electrons. The van der Waals surface area contributed by atoms with Crippen molar-refractivity contribution in [3.8, 4) is 17.0 Å². The van der Waals surface area contributed by atoms with Gasteiger partial charge in [-0.05, 0) is 46.6 Å². The van der Waals surface area contributed by atoms with Gasteiger partial charge in [-0.3, -0.25) is 4.99 Å². The largest absolute Gasteiger partial charge is 0.455 e. The molecule has 0 atom stereocenters. The molecular weight excluding hydrogens is 348 g/mol. The van der Waals surface area contributed by atoms with Gasteiger partial charge in [0.1, 0.15) is 16.6 Å². The molecule has 2 aromatic rings. The molecule has 0 saturated heterocycles. The number of rotatable bonds is 6. The first-order valence-corrected chi connectivity index (χ1v) is 8.62. The van der Waals surface area contributed by atoms with Gasteiger partial charge in [-0.25, -0.2) is 4.98 Å². The molecule has 26 heavy (non-hydrogen) atoms. The van der Waals surface area contributed by atoms with Gasteiger partial charge in [-0.2, -0.15) is 0 Å². The Labute approximate surface area is 159 Å². The van der Waals surface area contributed by atoms with Crippen molar-refractivity contribution in [2.45, 2.75) is 33.3 Å². The molecule has 1 aromatic carbocycles. The van der Waals surface area contributed by atoms with E-state index in [4.69, 9.17) is 21.3 Å². The Bertz CT molecular complexity index is 850. The van der Waals surface area contributed by atoms with Crippen LogP contribution in [-0.2, 0) is 5.60 Å². The number of pyridine rings is 1. The van der Waals surface area contributed by atoms with Gasteiger partial charge in [-0.15, -0.1) is 0 Å². The molecule has 1 aromatic heterocycles. The molecule has 1 N–H and O–H groups in total. The zero-order valence-electron chi connectivity index (χ0n) is 15.5. The summed E-state index contributed by atoms with van der Waals surface area (Å²) in [6.07, 6.45) is 3.35. The van der Waals surface area contributed by atoms with Crippen LogP contribution in [0, 0.1) is 6.92 Å². The van der Waals surface area contributed by atoms with E-state index in [0.717, 1.165) is 11.3 Å². The molecule has 0 aliphatic rings. The summed E-state index contributed by atoms with van der Waals surface area (Å²) in [5, 5.41) is 10.7. The van der Waals surface area contributed by atoms with Gasteiger partial charge >= 0.3 is 0 Å². The van der Waals surface area contributed by atoms with E-state index in [1.807, 2.05) is 50.2 Å². The van der Waals surface area contributed by atoms with Gasteiger partial charge in [0, 0.05) is 22.9 Å². The average Bonchev–Trinajstić information content (AvgIpc) is 2.61. The lowest BCUT2D eigenvalue weighted by Gasteiger charge is -2.22. The molecule has 1 heterocycles. The average molecular weight is 371 g/mol. The molecule has 0 aliphatic carbocycles. The second-order valence-electron chi connectivity index (χ2n) is 6.31. The Hall–Kier alpha value is -2.43. The summed E-state index contributed by atoms with van der Waals surface area (Å²) in [5.41, 5.74) is 2.00. The standard InChI is InChI=1S/C21H23ClN2O2/c1-6-16(12-19(22)23-5)26-18-13-17(21(3,4)25)14(2)24-20(18)15-10-8-7-9-11-15/h6-13,25H,5H2,1-4H3/b16-6+,19-12-. The number of ether oxygens (including phenoxy) is 1. The molecule has 0 spiro atoms. The number of benzene rings is 1. The fourth-order valence-corrected chi connectivity index (χ4v) is 2.66. The summed E-state index contributed by atoms with van der Waals surface area (Å²) >= 11 is 5.95. The van der Waals surface area contributed by atoms with Crippen LogP contribution in [0.25, 0.3) is 11.3 Å². The van der Waals surface area contributed by atoms with Crippen LogP contribution < -0.4 is 4.74 Å². The van der Waals surface area contributed by atoms with E-state index >= 15 is 0 Å². The molecular formula is C21H23ClN2O2. The molecule has 4 nitrogen and oxygen atoms in total. The fraction of sp³-hybridized carbons (Fsp3) is 0.238. The second-order valence-corrected chi connectivity index (χ2v) is 6.70. The van der Waals surface area contributed by atoms with Crippen molar-refractivity contribution in [2.75, 3.05) is 0 Å². The van der Waals surface area contributed by atoms with Gasteiger partial charge in [0.2, 0.25) is 0 Å². The van der Waals surface area contributed by atoms with E-state index in [1.54, 1.807) is 26.0 Å². The van der Waals surface area contributed by atoms with Gasteiger partial charge < -0.3 is 9.84 Å². The second kappa shape index (κ2) is 8.30. The highest BCUT2D eigenvalue weighted by molar-refractivity contribution is 6.29. The minimum atomic E-state index is -1.04. The lowest BCUT2D eigenvalue weighted by Crippen LogP contribution is -2.18. The summed E-state index contributed by atoms with van der Waals surface area (Å²) in [6, 6.07) is 11.6. The SMILES string of the molecule is C=N/C(Cl)=C\C(=C/C)Oc1cc(C(C)(C)O)c(C)nc1-c1ccccc1. The third-order valence-electron chi connectivity index (χ3n) is 3.81. The summed E-state index contributed by atoms with van der Waals surface area (Å²) in [5.74, 6) is 1.03. The van der Waals surface area contributed by atoms with Crippen molar-refractivity contribution >= 4 is 18.3 Å². The van der Waals surface area contributed by atoms with Crippen LogP contribution in [-0.4, -0.2) is 16.8 Å². The van der Waals surface area contributed by atoms with E-state index in [1.165, 1.54) is 0 Å². The molecule has 136 valence electrons. The molecule has 5 heteroatoms. The molecule has 0 fully saturated rings. The molecule has 0 bridgehead atoms. The van der Waals surface area contributed by atoms with Crippen molar-refractivity contribution in [1.82, 2.24) is 4.98 Å². The van der Waals surface area contributed by atoms with E-state index < -0.39 is 5.60 Å². The first-order valence-electron chi connectivity index (χ1n) is 8.24. The van der Waals surface area contributed by atoms with Crippen LogP contribution >= 0.6 is 11.6 Å². The zero-order chi connectivity index (χ0) is 19.3. The number of aliphatic imine (C=N–C) groups is 1. The number of hydrogen-bond acceptors (Lipinski definition) is 4. The fourth-order valence-electron chi connectivity index (χ4n) is 2.55. The Balaban J connectivity index is 2.62. The number of aromatic nitrogens is 1. The number of aliphatic hydroxyl groups is 1. The minimum absolute atomic E-state index is 0.224. The van der Waals surface area contributed by atoms with Gasteiger partial charge in [0.25, 0.3) is 0 Å². The molecule has 0 aliphatic heterocycles. The van der Waals surface area contributed by atoms with Crippen LogP contribution in [0.3, 0.4) is 0 Å². The first kappa shape index (κ1) is 19.9. The number of halogens is 1. The number of hydrogen-bond donors (Lipinski definition) is 1. The monoisotopic (exact) mass is 370 g/mol. The lowest BCUT2D eigenvalue weighted by molar-refractivity contribution is 0.0772. The Morgan fingerprint density at radius 3 is 2.50 bits per heavy atom. The maximum atomic E-state index is 10.5. The van der Waals surface area contributed by atoms with Crippen LogP contribution in [0.1, 0.15) is 32.0 Å². The summed E-state index contributed by atoms with van der Waals surface area (Å²) < 4.78 is 6.05. The van der Waals surface area contributed by atoms with Crippen LogP contribution in [0.2, 0.25) is 0 Å². The number of nitrogens with zero attached hydrogens (tertiary/aromatic N) is 2. The quantitative estimate of drug-likeness (QED) is 0.323. The van der Waals surface area contributed by atoms with E-state index in [0.29, 0.717) is 22.8 Å². The highest BCUT2D eigenvalue weighted by Crippen LogP contribution is 2.35. The number of aryl methyl sites for hydroxylation is 1. The van der Waals surface area contributed by atoms with E-state index in [2.05, 4.69) is 11.7 Å². The zero-order valence-corrected chi connectivity index (χ0v) is 16.2. The van der Waals surface area contributed by atoms with Gasteiger partial charge in [0.15, 0.2) is 5.75 Å². The molecule has 0 unspecified atom stereocenters. The predicted octanol–water partition coefficient (Wildman–Crippen LogP) is 5.35. The summed E-state index contributed by atoms with van der Waals surface area (Å²) in [7, 11) is 0. The van der Waals surface area contributed by atoms with Gasteiger partial charge in [0.05, 0.1) is 5.60 Å². The van der Waals surface area contributed by atoms with Crippen LogP contribution in [0.5, 0.6) is 5.75 Å². The lowest BCUT2D eigenvalue weighted by atomic mass is 9.95. The highest BCUT2D eigenvalue weighted by Gasteiger charge is 2.23. The maximum absolute atomic E-state index is 10.5. The van der Waals surface area contributed by atoms with Crippen molar-refractivity contribution in [3.05, 3.63) is 70.7 Å². The Kier molecular flexibility index (Phi) is 6.35. The van der Waals surface area contributed by atoms with Crippen molar-refractivity contribution in [3.63, 3.8) is 0 Å². The van der Waals surface area contributed by atoms with Crippen LogP contribution in [0.4, 0.5) is 0 Å². The molecule has 0 amide bonds. The third-order valence-corrected chi connectivity index (χ3v) is 4.04. The molecule has 2 rings (SSSR count). The summed E-state index contributed by atoms with van der Waals surface area (Å²) in [6.45, 7) is 10.5. The number of allylic oxidation sites excluding steroid dienone is 2. The minimum Gasteiger partial charge on any atom is -0.455 e. The van der Waals surface area contributed by atoms with E-state index in [-0.39, 0.29) is 5.16 Å². The Morgan fingerprint density at radius 1 is 1.31 bits per heavy atom. The normalized spacial score (nSPS) is 12.8. The van der Waals surface area contributed by atoms with Gasteiger partial charge in [-0.1, -0.05) is 41.9 Å². The predicted molar refractivity (Wildman–Crippen MR) is 108 cm³/mol. The van der Waals surface area contributed by atoms with E-state index in [9.17, 15) is 5.11 Å². The van der Waals surface area contributed by atoms with Crippen LogP contribution in [0.15, 0.2) is 64.5 Å².